The number of rotatable bonds is 3. The first kappa shape index (κ1) is 11.6. The molecule has 2 nitrogen and oxygen atoms in total. The molecule has 16 heavy (non-hydrogen) atoms. The average molecular weight is 219 g/mol. The molecule has 0 radical (unpaired) electrons. The minimum absolute atomic E-state index is 0.280. The van der Waals surface area contributed by atoms with E-state index in [1.165, 1.54) is 24.0 Å². The van der Waals surface area contributed by atoms with E-state index in [1.54, 1.807) is 0 Å². The fourth-order valence-corrected chi connectivity index (χ4v) is 2.56. The number of hydrogen-bond donors (Lipinski definition) is 1. The molecule has 2 rings (SSSR count). The highest BCUT2D eigenvalue weighted by Crippen LogP contribution is 2.34. The Morgan fingerprint density at radius 3 is 2.94 bits per heavy atom. The van der Waals surface area contributed by atoms with Gasteiger partial charge in [-0.2, -0.15) is 0 Å². The van der Waals surface area contributed by atoms with E-state index in [-0.39, 0.29) is 6.10 Å². The van der Waals surface area contributed by atoms with Crippen molar-refractivity contribution in [1.82, 2.24) is 5.32 Å². The van der Waals surface area contributed by atoms with Crippen LogP contribution in [0.4, 0.5) is 0 Å². The first-order valence-electron chi connectivity index (χ1n) is 6.14. The van der Waals surface area contributed by atoms with Gasteiger partial charge in [-0.3, -0.25) is 0 Å². The maximum atomic E-state index is 5.97. The standard InChI is InChI=1S/C14H21NO/c1-11-6-3-4-8-13(11)14-12(10-15-2)7-5-9-16-14/h3-4,6,8,12,14-15H,5,7,9-10H2,1-2H3. The van der Waals surface area contributed by atoms with Gasteiger partial charge < -0.3 is 10.1 Å². The van der Waals surface area contributed by atoms with Gasteiger partial charge in [-0.1, -0.05) is 24.3 Å². The lowest BCUT2D eigenvalue weighted by molar-refractivity contribution is -0.0275. The third-order valence-corrected chi connectivity index (χ3v) is 3.41. The molecule has 0 aliphatic carbocycles. The van der Waals surface area contributed by atoms with Gasteiger partial charge in [0.15, 0.2) is 0 Å². The Kier molecular flexibility index (Phi) is 3.97. The van der Waals surface area contributed by atoms with Gasteiger partial charge in [0.05, 0.1) is 6.10 Å². The van der Waals surface area contributed by atoms with Crippen LogP contribution in [0.1, 0.15) is 30.1 Å². The molecule has 2 heteroatoms. The lowest BCUT2D eigenvalue weighted by Crippen LogP contribution is -2.30. The summed E-state index contributed by atoms with van der Waals surface area (Å²) in [7, 11) is 2.02. The molecule has 0 saturated carbocycles. The van der Waals surface area contributed by atoms with Crippen molar-refractivity contribution in [3.8, 4) is 0 Å². The highest BCUT2D eigenvalue weighted by Gasteiger charge is 2.27. The molecule has 1 heterocycles. The zero-order chi connectivity index (χ0) is 11.4. The molecular formula is C14H21NO. The smallest absolute Gasteiger partial charge is 0.0867 e. The van der Waals surface area contributed by atoms with E-state index in [0.717, 1.165) is 13.2 Å². The summed E-state index contributed by atoms with van der Waals surface area (Å²) in [4.78, 5) is 0. The molecule has 0 aromatic heterocycles. The Morgan fingerprint density at radius 2 is 2.19 bits per heavy atom. The highest BCUT2D eigenvalue weighted by atomic mass is 16.5. The second-order valence-corrected chi connectivity index (χ2v) is 4.61. The summed E-state index contributed by atoms with van der Waals surface area (Å²) in [5.74, 6) is 0.611. The zero-order valence-corrected chi connectivity index (χ0v) is 10.2. The molecule has 1 aromatic carbocycles. The largest absolute Gasteiger partial charge is 0.373 e. The van der Waals surface area contributed by atoms with Crippen molar-refractivity contribution in [2.45, 2.75) is 25.9 Å². The first-order valence-corrected chi connectivity index (χ1v) is 6.14. The fraction of sp³-hybridized carbons (Fsp3) is 0.571. The van der Waals surface area contributed by atoms with Crippen LogP contribution in [0.25, 0.3) is 0 Å². The summed E-state index contributed by atoms with van der Waals surface area (Å²) >= 11 is 0. The predicted molar refractivity (Wildman–Crippen MR) is 66.5 cm³/mol. The summed E-state index contributed by atoms with van der Waals surface area (Å²) < 4.78 is 5.97. The molecule has 1 saturated heterocycles. The molecule has 1 fully saturated rings. The molecular weight excluding hydrogens is 198 g/mol. The van der Waals surface area contributed by atoms with Gasteiger partial charge in [-0.05, 0) is 37.9 Å². The Morgan fingerprint density at radius 1 is 1.38 bits per heavy atom. The number of aryl methyl sites for hydroxylation is 1. The lowest BCUT2D eigenvalue weighted by Gasteiger charge is -2.32. The van der Waals surface area contributed by atoms with Crippen molar-refractivity contribution < 1.29 is 4.74 Å². The molecule has 0 bridgehead atoms. The van der Waals surface area contributed by atoms with Gasteiger partial charge >= 0.3 is 0 Å². The summed E-state index contributed by atoms with van der Waals surface area (Å²) in [6, 6.07) is 8.57. The van der Waals surface area contributed by atoms with Gasteiger partial charge in [-0.15, -0.1) is 0 Å². The van der Waals surface area contributed by atoms with E-state index in [2.05, 4.69) is 36.5 Å². The van der Waals surface area contributed by atoms with Crippen LogP contribution in [0, 0.1) is 12.8 Å². The van der Waals surface area contributed by atoms with Crippen LogP contribution in [0.2, 0.25) is 0 Å². The van der Waals surface area contributed by atoms with Crippen LogP contribution in [0.5, 0.6) is 0 Å². The molecule has 1 aliphatic rings. The van der Waals surface area contributed by atoms with Crippen LogP contribution in [-0.4, -0.2) is 20.2 Å². The quantitative estimate of drug-likeness (QED) is 0.844. The molecule has 2 atom stereocenters. The van der Waals surface area contributed by atoms with E-state index in [1.807, 2.05) is 7.05 Å². The van der Waals surface area contributed by atoms with Gasteiger partial charge in [0, 0.05) is 19.1 Å². The zero-order valence-electron chi connectivity index (χ0n) is 10.2. The normalized spacial score (nSPS) is 25.6. The van der Waals surface area contributed by atoms with Crippen LogP contribution < -0.4 is 5.32 Å². The van der Waals surface area contributed by atoms with Crippen molar-refractivity contribution in [2.24, 2.45) is 5.92 Å². The topological polar surface area (TPSA) is 21.3 Å². The number of hydrogen-bond acceptors (Lipinski definition) is 2. The van der Waals surface area contributed by atoms with Crippen molar-refractivity contribution in [1.29, 1.82) is 0 Å². The molecule has 0 amide bonds. The summed E-state index contributed by atoms with van der Waals surface area (Å²) in [6.45, 7) is 4.11. The molecule has 1 N–H and O–H groups in total. The van der Waals surface area contributed by atoms with Crippen LogP contribution in [0.3, 0.4) is 0 Å². The Bertz CT molecular complexity index is 335. The van der Waals surface area contributed by atoms with E-state index in [4.69, 9.17) is 4.74 Å². The lowest BCUT2D eigenvalue weighted by atomic mass is 9.87. The minimum atomic E-state index is 0.280. The minimum Gasteiger partial charge on any atom is -0.373 e. The first-order chi connectivity index (χ1) is 7.83. The maximum absolute atomic E-state index is 5.97. The summed E-state index contributed by atoms with van der Waals surface area (Å²) in [5, 5.41) is 3.28. The third kappa shape index (κ3) is 2.45. The van der Waals surface area contributed by atoms with Gasteiger partial charge in [0.1, 0.15) is 0 Å². The molecule has 1 aliphatic heterocycles. The molecule has 2 unspecified atom stereocenters. The van der Waals surface area contributed by atoms with Gasteiger partial charge in [0.25, 0.3) is 0 Å². The Labute approximate surface area is 98.0 Å². The van der Waals surface area contributed by atoms with E-state index < -0.39 is 0 Å². The summed E-state index contributed by atoms with van der Waals surface area (Å²) in [6.07, 6.45) is 2.73. The fourth-order valence-electron chi connectivity index (χ4n) is 2.56. The predicted octanol–water partition coefficient (Wildman–Crippen LogP) is 2.68. The monoisotopic (exact) mass is 219 g/mol. The van der Waals surface area contributed by atoms with E-state index >= 15 is 0 Å². The van der Waals surface area contributed by atoms with Crippen molar-refractivity contribution >= 4 is 0 Å². The summed E-state index contributed by atoms with van der Waals surface area (Å²) in [5.41, 5.74) is 2.71. The Balaban J connectivity index is 2.19. The molecule has 88 valence electrons. The van der Waals surface area contributed by atoms with Crippen LogP contribution in [0.15, 0.2) is 24.3 Å². The number of ether oxygens (including phenoxy) is 1. The van der Waals surface area contributed by atoms with Crippen molar-refractivity contribution in [3.05, 3.63) is 35.4 Å². The number of nitrogens with one attached hydrogen (secondary N) is 1. The van der Waals surface area contributed by atoms with Gasteiger partial charge in [0.2, 0.25) is 0 Å². The van der Waals surface area contributed by atoms with Crippen LogP contribution in [-0.2, 0) is 4.74 Å². The van der Waals surface area contributed by atoms with Crippen molar-refractivity contribution in [3.63, 3.8) is 0 Å². The molecule has 1 aromatic rings. The second-order valence-electron chi connectivity index (χ2n) is 4.61. The van der Waals surface area contributed by atoms with E-state index in [9.17, 15) is 0 Å². The van der Waals surface area contributed by atoms with Crippen molar-refractivity contribution in [2.75, 3.05) is 20.2 Å². The molecule has 0 spiro atoms. The van der Waals surface area contributed by atoms with Crippen LogP contribution >= 0.6 is 0 Å². The maximum Gasteiger partial charge on any atom is 0.0867 e. The number of benzene rings is 1. The van der Waals surface area contributed by atoms with E-state index in [0.29, 0.717) is 5.92 Å². The SMILES string of the molecule is CNCC1CCCOC1c1ccccc1C. The van der Waals surface area contributed by atoms with Gasteiger partial charge in [-0.25, -0.2) is 0 Å². The highest BCUT2D eigenvalue weighted by molar-refractivity contribution is 5.28. The Hall–Kier alpha value is -0.860. The second kappa shape index (κ2) is 5.46. The average Bonchev–Trinajstić information content (AvgIpc) is 2.31. The third-order valence-electron chi connectivity index (χ3n) is 3.41.